The second-order valence-corrected chi connectivity index (χ2v) is 11.1. The molecule has 1 N–H and O–H groups in total. The fourth-order valence-electron chi connectivity index (χ4n) is 6.44. The molecule has 0 saturated carbocycles. The van der Waals surface area contributed by atoms with Gasteiger partial charge in [-0.05, 0) is 78.0 Å². The Hall–Kier alpha value is -2.18. The number of hydrogen-bond acceptors (Lipinski definition) is 2. The van der Waals surface area contributed by atoms with E-state index in [0.29, 0.717) is 11.6 Å². The first-order valence-electron chi connectivity index (χ1n) is 13.8. The summed E-state index contributed by atoms with van der Waals surface area (Å²) in [6, 6.07) is 27.8. The maximum absolute atomic E-state index is 13.6. The molecule has 3 aliphatic rings. The van der Waals surface area contributed by atoms with Gasteiger partial charge in [-0.3, -0.25) is 0 Å². The average molecular weight is 682 g/mol. The van der Waals surface area contributed by atoms with Crippen LogP contribution in [0.1, 0.15) is 61.9 Å². The van der Waals surface area contributed by atoms with Crippen molar-refractivity contribution < 1.29 is 28.7 Å². The van der Waals surface area contributed by atoms with E-state index in [9.17, 15) is 9.50 Å². The molecule has 232 valence electrons. The van der Waals surface area contributed by atoms with Gasteiger partial charge < -0.3 is 24.9 Å². The normalized spacial score (nSPS) is 16.2. The SMILES string of the molecule is CC1(C)c2ccccc2-c2ccc(-c3cc(F)ccc3O)cc21.CC1=[C-]c2ccccc2C1N1CCCC1.Cl.Cl.[CH3-].[CH3-].[Si]=[Ti]. The van der Waals surface area contributed by atoms with Crippen LogP contribution in [0.5, 0.6) is 5.75 Å². The van der Waals surface area contributed by atoms with Gasteiger partial charge in [-0.25, -0.2) is 4.39 Å². The number of aromatic hydroxyl groups is 1. The molecule has 4 aromatic carbocycles. The molecule has 0 bridgehead atoms. The van der Waals surface area contributed by atoms with Crippen molar-refractivity contribution >= 4 is 32.4 Å². The average Bonchev–Trinajstić information content (AvgIpc) is 3.67. The molecule has 1 atom stereocenters. The summed E-state index contributed by atoms with van der Waals surface area (Å²) in [4.78, 5) is 2.59. The van der Waals surface area contributed by atoms with Crippen molar-refractivity contribution in [1.82, 2.24) is 4.90 Å². The van der Waals surface area contributed by atoms with Crippen LogP contribution in [0.4, 0.5) is 4.39 Å². The molecule has 4 aromatic rings. The third kappa shape index (κ3) is 7.61. The number of benzene rings is 4. The minimum absolute atomic E-state index is 0. The van der Waals surface area contributed by atoms with Gasteiger partial charge in [0.05, 0.1) is 0 Å². The van der Waals surface area contributed by atoms with Crippen LogP contribution in [-0.2, 0) is 24.6 Å². The van der Waals surface area contributed by atoms with E-state index in [1.807, 2.05) is 6.07 Å². The van der Waals surface area contributed by atoms with Gasteiger partial charge >= 0.3 is 26.8 Å². The third-order valence-corrected chi connectivity index (χ3v) is 8.36. The summed E-state index contributed by atoms with van der Waals surface area (Å²) >= 11 is 1.81. The number of rotatable bonds is 2. The van der Waals surface area contributed by atoms with Crippen molar-refractivity contribution in [3.05, 3.63) is 140 Å². The summed E-state index contributed by atoms with van der Waals surface area (Å²) in [6.07, 6.45) is 6.21. The molecule has 2 radical (unpaired) electrons. The number of likely N-dealkylation sites (tertiary alicyclic amines) is 1. The fraction of sp³-hybridized carbons (Fsp3) is 0.243. The minimum atomic E-state index is -0.346. The third-order valence-electron chi connectivity index (χ3n) is 8.36. The summed E-state index contributed by atoms with van der Waals surface area (Å²) in [5.41, 5.74) is 10.4. The van der Waals surface area contributed by atoms with Crippen LogP contribution in [0.25, 0.3) is 22.3 Å². The zero-order valence-corrected chi connectivity index (χ0v) is 30.3. The standard InChI is InChI=1S/C21H17FO.C14H16N.2CH3.2ClH.Si.Ti/c1-21(2)18-6-4-3-5-15(18)16-9-7-13(11-19(16)21)17-12-14(22)8-10-20(17)23;1-11-10-12-6-2-3-7-13(12)14(11)15-8-4-5-9-15;;;;;;/h3-12,23H,1-2H3;2-3,6-7,14H,4-5,8-9H2,1H3;2*1H3;2*1H;;/q;3*-1;;;;. The first-order chi connectivity index (χ1) is 19.3. The monoisotopic (exact) mass is 680 g/mol. The summed E-state index contributed by atoms with van der Waals surface area (Å²) in [5.74, 6) is -0.250. The molecule has 1 fully saturated rings. The molecule has 7 heteroatoms. The molecule has 1 aliphatic heterocycles. The molecular formula is C37H41Cl2FNOSiTi-3. The summed E-state index contributed by atoms with van der Waals surface area (Å²) < 4.78 is 13.6. The Labute approximate surface area is 290 Å². The molecule has 0 aromatic heterocycles. The van der Waals surface area contributed by atoms with Crippen LogP contribution in [-0.4, -0.2) is 30.7 Å². The summed E-state index contributed by atoms with van der Waals surface area (Å²) in [5, 5.41) is 10.1. The first kappa shape index (κ1) is 39.8. The molecule has 0 amide bonds. The fourth-order valence-corrected chi connectivity index (χ4v) is 6.44. The molecule has 1 unspecified atom stereocenters. The van der Waals surface area contributed by atoms with Crippen LogP contribution in [0.15, 0.2) is 90.5 Å². The molecule has 0 spiro atoms. The molecule has 1 heterocycles. The Bertz CT molecular complexity index is 1590. The first-order valence-corrected chi connectivity index (χ1v) is 16.6. The van der Waals surface area contributed by atoms with Crippen molar-refractivity contribution in [2.24, 2.45) is 0 Å². The molecule has 2 aliphatic carbocycles. The molecular weight excluding hydrogens is 640 g/mol. The van der Waals surface area contributed by atoms with Crippen LogP contribution in [0.2, 0.25) is 0 Å². The molecule has 7 rings (SSSR count). The summed E-state index contributed by atoms with van der Waals surface area (Å²) in [6.45, 7) is 9.11. The van der Waals surface area contributed by atoms with Crippen LogP contribution in [0, 0.1) is 26.7 Å². The predicted molar refractivity (Wildman–Crippen MR) is 186 cm³/mol. The second kappa shape index (κ2) is 16.9. The number of phenolic OH excluding ortho intramolecular Hbond substituents is 1. The molecule has 44 heavy (non-hydrogen) atoms. The van der Waals surface area contributed by atoms with Crippen LogP contribution < -0.4 is 0 Å². The van der Waals surface area contributed by atoms with Crippen molar-refractivity contribution in [1.29, 1.82) is 0 Å². The summed E-state index contributed by atoms with van der Waals surface area (Å²) in [7, 11) is 2.97. The zero-order chi connectivity index (χ0) is 28.4. The Balaban J connectivity index is 0.000000407. The number of nitrogens with zero attached hydrogens (tertiary/aromatic N) is 1. The van der Waals surface area contributed by atoms with Gasteiger partial charge in [-0.2, -0.15) is 17.7 Å². The second-order valence-electron chi connectivity index (χ2n) is 11.1. The van der Waals surface area contributed by atoms with Gasteiger partial charge in [0.2, 0.25) is 0 Å². The number of hydrogen-bond donors (Lipinski definition) is 1. The quantitative estimate of drug-likeness (QED) is 0.168. The van der Waals surface area contributed by atoms with E-state index in [4.69, 9.17) is 0 Å². The number of phenols is 1. The van der Waals surface area contributed by atoms with Crippen LogP contribution >= 0.6 is 24.8 Å². The topological polar surface area (TPSA) is 23.5 Å². The predicted octanol–water partition coefficient (Wildman–Crippen LogP) is 9.80. The van der Waals surface area contributed by atoms with Gasteiger partial charge in [0.25, 0.3) is 0 Å². The van der Waals surface area contributed by atoms with E-state index >= 15 is 0 Å². The van der Waals surface area contributed by atoms with Crippen molar-refractivity contribution in [3.8, 4) is 28.0 Å². The van der Waals surface area contributed by atoms with E-state index in [-0.39, 0.29) is 56.6 Å². The zero-order valence-electron chi connectivity index (χ0n) is 26.1. The van der Waals surface area contributed by atoms with Gasteiger partial charge in [-0.1, -0.05) is 63.2 Å². The van der Waals surface area contributed by atoms with Crippen molar-refractivity contribution in [2.75, 3.05) is 13.1 Å². The van der Waals surface area contributed by atoms with E-state index < -0.39 is 0 Å². The van der Waals surface area contributed by atoms with Crippen LogP contribution in [0.3, 0.4) is 0 Å². The maximum atomic E-state index is 13.6. The van der Waals surface area contributed by atoms with Gasteiger partial charge in [0.1, 0.15) is 11.6 Å². The van der Waals surface area contributed by atoms with E-state index in [0.717, 1.165) is 5.56 Å². The Kier molecular flexibility index (Phi) is 15.3. The Morgan fingerprint density at radius 1 is 0.818 bits per heavy atom. The Morgan fingerprint density at radius 2 is 1.43 bits per heavy atom. The Morgan fingerprint density at radius 3 is 2.14 bits per heavy atom. The van der Waals surface area contributed by atoms with E-state index in [1.165, 1.54) is 83.1 Å². The van der Waals surface area contributed by atoms with Crippen molar-refractivity contribution in [2.45, 2.75) is 45.1 Å². The van der Waals surface area contributed by atoms with E-state index in [1.54, 1.807) is 19.2 Å². The van der Waals surface area contributed by atoms with Gasteiger partial charge in [0.15, 0.2) is 0 Å². The van der Waals surface area contributed by atoms with Gasteiger partial charge in [0, 0.05) is 17.0 Å². The van der Waals surface area contributed by atoms with Gasteiger partial charge in [-0.15, -0.1) is 48.1 Å². The van der Waals surface area contributed by atoms with E-state index in [2.05, 4.69) is 100 Å². The molecule has 2 nitrogen and oxygen atoms in total. The molecule has 1 saturated heterocycles. The number of halogens is 3. The number of fused-ring (bicyclic) bond motifs is 4. The van der Waals surface area contributed by atoms with Crippen molar-refractivity contribution in [3.63, 3.8) is 0 Å².